The molecule has 0 aromatic heterocycles. The fraction of sp³-hybridized carbons (Fsp3) is 0.435. The average molecular weight is 416 g/mol. The van der Waals surface area contributed by atoms with Gasteiger partial charge < -0.3 is 29.2 Å². The van der Waals surface area contributed by atoms with Crippen LogP contribution in [0.25, 0.3) is 0 Å². The van der Waals surface area contributed by atoms with Gasteiger partial charge in [0.1, 0.15) is 6.54 Å². The summed E-state index contributed by atoms with van der Waals surface area (Å²) in [6.45, 7) is 1.71. The normalized spacial score (nSPS) is 18.4. The maximum Gasteiger partial charge on any atom is 0.282 e. The van der Waals surface area contributed by atoms with E-state index in [4.69, 9.17) is 18.9 Å². The van der Waals surface area contributed by atoms with E-state index in [1.54, 1.807) is 40.6 Å². The van der Waals surface area contributed by atoms with E-state index in [9.17, 15) is 4.79 Å². The number of nitrogens with one attached hydrogen (secondary N) is 2. The number of hydrogen-bond donors (Lipinski definition) is 2. The van der Waals surface area contributed by atoms with Gasteiger partial charge in [-0.1, -0.05) is 0 Å². The van der Waals surface area contributed by atoms with Crippen molar-refractivity contribution in [3.8, 4) is 23.0 Å². The minimum absolute atomic E-state index is 0.0254. The molecule has 7 nitrogen and oxygen atoms in total. The van der Waals surface area contributed by atoms with Crippen LogP contribution >= 0.6 is 0 Å². The number of piperidine rings is 1. The first-order chi connectivity index (χ1) is 14.6. The van der Waals surface area contributed by atoms with Crippen molar-refractivity contribution in [2.75, 3.05) is 40.3 Å². The van der Waals surface area contributed by atoms with Crippen molar-refractivity contribution in [2.45, 2.75) is 31.8 Å². The molecule has 3 rings (SSSR count). The molecule has 0 aliphatic carbocycles. The largest absolute Gasteiger partial charge is 0.493 e. The van der Waals surface area contributed by atoms with Crippen molar-refractivity contribution in [2.24, 2.45) is 0 Å². The van der Waals surface area contributed by atoms with Crippen molar-refractivity contribution >= 4 is 11.6 Å². The van der Waals surface area contributed by atoms with E-state index in [-0.39, 0.29) is 11.9 Å². The third kappa shape index (κ3) is 4.97. The summed E-state index contributed by atoms with van der Waals surface area (Å²) >= 11 is 0. The molecule has 2 aromatic rings. The molecule has 1 aliphatic rings. The van der Waals surface area contributed by atoms with Crippen LogP contribution in [0.3, 0.4) is 0 Å². The van der Waals surface area contributed by atoms with Gasteiger partial charge in [0.2, 0.25) is 0 Å². The third-order valence-corrected chi connectivity index (χ3v) is 5.58. The first-order valence-electron chi connectivity index (χ1n) is 10.2. The fourth-order valence-corrected chi connectivity index (χ4v) is 4.00. The number of rotatable bonds is 8. The lowest BCUT2D eigenvalue weighted by Crippen LogP contribution is -3.16. The van der Waals surface area contributed by atoms with Gasteiger partial charge in [-0.05, 0) is 43.2 Å². The highest BCUT2D eigenvalue weighted by atomic mass is 16.5. The zero-order valence-corrected chi connectivity index (χ0v) is 18.1. The molecule has 30 heavy (non-hydrogen) atoms. The van der Waals surface area contributed by atoms with Crippen LogP contribution < -0.4 is 29.2 Å². The number of quaternary nitrogens is 1. The lowest BCUT2D eigenvalue weighted by Gasteiger charge is -2.31. The van der Waals surface area contributed by atoms with Crippen LogP contribution in [0.15, 0.2) is 36.4 Å². The molecule has 2 aromatic carbocycles. The summed E-state index contributed by atoms with van der Waals surface area (Å²) in [4.78, 5) is 14.4. The molecule has 1 fully saturated rings. The molecule has 1 aliphatic heterocycles. The van der Waals surface area contributed by atoms with Crippen LogP contribution in [-0.4, -0.2) is 46.9 Å². The monoisotopic (exact) mass is 415 g/mol. The first kappa shape index (κ1) is 21.8. The van der Waals surface area contributed by atoms with Crippen LogP contribution in [-0.2, 0) is 11.3 Å². The van der Waals surface area contributed by atoms with Crippen molar-refractivity contribution in [3.05, 3.63) is 42.0 Å². The van der Waals surface area contributed by atoms with Gasteiger partial charge in [0.15, 0.2) is 29.0 Å². The summed E-state index contributed by atoms with van der Waals surface area (Å²) < 4.78 is 21.4. The van der Waals surface area contributed by atoms with E-state index >= 15 is 0 Å². The SMILES string of the molecule is COc1ccc(C[NH+]2CCCC[C@H]2C(=O)Nc2ccc(OC)c(OC)c2)cc1OC. The van der Waals surface area contributed by atoms with E-state index < -0.39 is 0 Å². The molecule has 0 radical (unpaired) electrons. The van der Waals surface area contributed by atoms with Gasteiger partial charge in [-0.25, -0.2) is 0 Å². The number of carbonyl (C=O) groups is 1. The van der Waals surface area contributed by atoms with Gasteiger partial charge in [-0.2, -0.15) is 0 Å². The third-order valence-electron chi connectivity index (χ3n) is 5.58. The maximum atomic E-state index is 13.1. The Morgan fingerprint density at radius 2 is 1.53 bits per heavy atom. The molecule has 0 saturated carbocycles. The first-order valence-corrected chi connectivity index (χ1v) is 10.2. The minimum atomic E-state index is -0.111. The molecule has 1 saturated heterocycles. The summed E-state index contributed by atoms with van der Waals surface area (Å²) in [5.41, 5.74) is 1.82. The number of hydrogen-bond acceptors (Lipinski definition) is 5. The lowest BCUT2D eigenvalue weighted by molar-refractivity contribution is -0.934. The molecule has 7 heteroatoms. The number of carbonyl (C=O) groups excluding carboxylic acids is 1. The number of likely N-dealkylation sites (tertiary alicyclic amines) is 1. The molecule has 1 heterocycles. The highest BCUT2D eigenvalue weighted by molar-refractivity contribution is 5.94. The Kier molecular flexibility index (Phi) is 7.41. The Morgan fingerprint density at radius 3 is 2.20 bits per heavy atom. The summed E-state index contributed by atoms with van der Waals surface area (Å²) in [5, 5.41) is 3.05. The smallest absolute Gasteiger partial charge is 0.282 e. The molecule has 2 atom stereocenters. The second kappa shape index (κ2) is 10.2. The summed E-state index contributed by atoms with van der Waals surface area (Å²) in [5.74, 6) is 2.66. The molecule has 0 spiro atoms. The van der Waals surface area contributed by atoms with Gasteiger partial charge in [0, 0.05) is 23.7 Å². The van der Waals surface area contributed by atoms with E-state index in [0.717, 1.165) is 37.9 Å². The Labute approximate surface area is 177 Å². The van der Waals surface area contributed by atoms with Crippen LogP contribution in [0.5, 0.6) is 23.0 Å². The summed E-state index contributed by atoms with van der Waals surface area (Å²) in [6.07, 6.45) is 3.03. The molecule has 162 valence electrons. The number of ether oxygens (including phenoxy) is 4. The number of methoxy groups -OCH3 is 4. The van der Waals surface area contributed by atoms with E-state index in [1.165, 1.54) is 4.90 Å². The number of benzene rings is 2. The van der Waals surface area contributed by atoms with Crippen molar-refractivity contribution in [3.63, 3.8) is 0 Å². The van der Waals surface area contributed by atoms with Crippen LogP contribution in [0, 0.1) is 0 Å². The van der Waals surface area contributed by atoms with Crippen LogP contribution in [0.4, 0.5) is 5.69 Å². The number of anilines is 1. The van der Waals surface area contributed by atoms with Crippen molar-refractivity contribution in [1.29, 1.82) is 0 Å². The Hall–Kier alpha value is -2.93. The lowest BCUT2D eigenvalue weighted by atomic mass is 10.00. The van der Waals surface area contributed by atoms with Gasteiger partial charge in [0.05, 0.1) is 35.0 Å². The maximum absolute atomic E-state index is 13.1. The summed E-state index contributed by atoms with van der Waals surface area (Å²) in [6, 6.07) is 11.2. The fourth-order valence-electron chi connectivity index (χ4n) is 4.00. The molecular weight excluding hydrogens is 384 g/mol. The molecular formula is C23H31N2O5+. The molecule has 1 unspecified atom stereocenters. The summed E-state index contributed by atoms with van der Waals surface area (Å²) in [7, 11) is 6.43. The Bertz CT molecular complexity index is 871. The highest BCUT2D eigenvalue weighted by Gasteiger charge is 2.32. The van der Waals surface area contributed by atoms with Gasteiger partial charge in [0.25, 0.3) is 5.91 Å². The topological polar surface area (TPSA) is 70.5 Å². The Morgan fingerprint density at radius 1 is 0.900 bits per heavy atom. The second-order valence-corrected chi connectivity index (χ2v) is 7.38. The predicted molar refractivity (Wildman–Crippen MR) is 115 cm³/mol. The predicted octanol–water partition coefficient (Wildman–Crippen LogP) is 2.30. The molecule has 2 N–H and O–H groups in total. The zero-order chi connectivity index (χ0) is 21.5. The van der Waals surface area contributed by atoms with E-state index in [0.29, 0.717) is 28.7 Å². The zero-order valence-electron chi connectivity index (χ0n) is 18.1. The van der Waals surface area contributed by atoms with Gasteiger partial charge >= 0.3 is 0 Å². The van der Waals surface area contributed by atoms with E-state index in [2.05, 4.69) is 5.32 Å². The standard InChI is InChI=1S/C23H30N2O5/c1-27-19-10-8-16(13-21(19)29-3)15-25-12-6-5-7-18(25)23(26)24-17-9-11-20(28-2)22(14-17)30-4/h8-11,13-14,18H,5-7,12,15H2,1-4H3,(H,24,26)/p+1/t18-/m0/s1. The quantitative estimate of drug-likeness (QED) is 0.692. The minimum Gasteiger partial charge on any atom is -0.493 e. The Balaban J connectivity index is 1.73. The van der Waals surface area contributed by atoms with Crippen LogP contribution in [0.1, 0.15) is 24.8 Å². The average Bonchev–Trinajstić information content (AvgIpc) is 2.79. The van der Waals surface area contributed by atoms with Gasteiger partial charge in [-0.3, -0.25) is 4.79 Å². The second-order valence-electron chi connectivity index (χ2n) is 7.38. The van der Waals surface area contributed by atoms with E-state index in [1.807, 2.05) is 24.3 Å². The highest BCUT2D eigenvalue weighted by Crippen LogP contribution is 2.30. The molecule has 1 amide bonds. The molecule has 0 bridgehead atoms. The van der Waals surface area contributed by atoms with Crippen molar-refractivity contribution in [1.82, 2.24) is 0 Å². The van der Waals surface area contributed by atoms with Gasteiger partial charge in [-0.15, -0.1) is 0 Å². The van der Waals surface area contributed by atoms with Crippen molar-refractivity contribution < 1.29 is 28.6 Å². The number of amides is 1. The van der Waals surface area contributed by atoms with Crippen LogP contribution in [0.2, 0.25) is 0 Å².